The van der Waals surface area contributed by atoms with Gasteiger partial charge < -0.3 is 0 Å². The zero-order valence-corrected chi connectivity index (χ0v) is 10.8. The normalized spacial score (nSPS) is 11.2. The maximum absolute atomic E-state index is 2.31. The molecular formula is C16H14S. The van der Waals surface area contributed by atoms with E-state index in [1.165, 1.54) is 32.0 Å². The van der Waals surface area contributed by atoms with Crippen molar-refractivity contribution < 1.29 is 0 Å². The lowest BCUT2D eigenvalue weighted by Gasteiger charge is -2.08. The number of hydrogen-bond acceptors (Lipinski definition) is 1. The average Bonchev–Trinajstić information content (AvgIpc) is 2.37. The molecule has 0 heterocycles. The second kappa shape index (κ2) is 4.08. The predicted molar refractivity (Wildman–Crippen MR) is 78.0 cm³/mol. The zero-order valence-electron chi connectivity index (χ0n) is 10.0. The van der Waals surface area contributed by atoms with Gasteiger partial charge in [-0.15, -0.1) is 11.8 Å². The van der Waals surface area contributed by atoms with Crippen LogP contribution in [0.3, 0.4) is 0 Å². The van der Waals surface area contributed by atoms with Crippen molar-refractivity contribution in [3.8, 4) is 0 Å². The molecule has 0 saturated heterocycles. The largest absolute Gasteiger partial charge is 0.129 e. The highest BCUT2D eigenvalue weighted by molar-refractivity contribution is 7.98. The van der Waals surface area contributed by atoms with Crippen molar-refractivity contribution in [2.24, 2.45) is 0 Å². The minimum absolute atomic E-state index is 1.32. The summed E-state index contributed by atoms with van der Waals surface area (Å²) in [6.07, 6.45) is 2.13. The highest BCUT2D eigenvalue weighted by Gasteiger charge is 2.04. The third kappa shape index (κ3) is 1.71. The van der Waals surface area contributed by atoms with Crippen molar-refractivity contribution in [1.82, 2.24) is 0 Å². The van der Waals surface area contributed by atoms with E-state index in [4.69, 9.17) is 0 Å². The van der Waals surface area contributed by atoms with Crippen LogP contribution in [0, 0.1) is 6.92 Å². The fourth-order valence-corrected chi connectivity index (χ4v) is 2.99. The van der Waals surface area contributed by atoms with Crippen LogP contribution in [0.25, 0.3) is 21.5 Å². The summed E-state index contributed by atoms with van der Waals surface area (Å²) >= 11 is 1.82. The molecule has 17 heavy (non-hydrogen) atoms. The predicted octanol–water partition coefficient (Wildman–Crippen LogP) is 5.02. The molecule has 0 fully saturated rings. The molecule has 0 saturated carbocycles. The molecule has 84 valence electrons. The van der Waals surface area contributed by atoms with Gasteiger partial charge in [0.1, 0.15) is 0 Å². The van der Waals surface area contributed by atoms with Crippen molar-refractivity contribution in [2.75, 3.05) is 6.26 Å². The van der Waals surface area contributed by atoms with Crippen LogP contribution in [0.15, 0.2) is 53.4 Å². The highest BCUT2D eigenvalue weighted by Crippen LogP contribution is 2.30. The quantitative estimate of drug-likeness (QED) is 0.423. The molecule has 0 aliphatic carbocycles. The first-order chi connectivity index (χ1) is 8.29. The van der Waals surface area contributed by atoms with Gasteiger partial charge in [-0.2, -0.15) is 0 Å². The Kier molecular flexibility index (Phi) is 2.56. The van der Waals surface area contributed by atoms with Crippen LogP contribution in [-0.2, 0) is 0 Å². The van der Waals surface area contributed by atoms with E-state index in [1.54, 1.807) is 0 Å². The Morgan fingerprint density at radius 3 is 2.24 bits per heavy atom. The second-order valence-electron chi connectivity index (χ2n) is 4.31. The Labute approximate surface area is 106 Å². The summed E-state index contributed by atoms with van der Waals surface area (Å²) in [7, 11) is 0. The fourth-order valence-electron chi connectivity index (χ4n) is 2.36. The monoisotopic (exact) mass is 238 g/mol. The topological polar surface area (TPSA) is 0 Å². The lowest BCUT2D eigenvalue weighted by molar-refractivity contribution is 1.35. The third-order valence-electron chi connectivity index (χ3n) is 3.33. The summed E-state index contributed by atoms with van der Waals surface area (Å²) in [4.78, 5) is 1.37. The fraction of sp³-hybridized carbons (Fsp3) is 0.125. The lowest BCUT2D eigenvalue weighted by atomic mass is 10.0. The Hall–Kier alpha value is -1.47. The van der Waals surface area contributed by atoms with Crippen molar-refractivity contribution in [3.05, 3.63) is 54.1 Å². The molecule has 3 aromatic rings. The lowest BCUT2D eigenvalue weighted by Crippen LogP contribution is -1.83. The van der Waals surface area contributed by atoms with Crippen LogP contribution in [-0.4, -0.2) is 6.26 Å². The molecule has 0 radical (unpaired) electrons. The van der Waals surface area contributed by atoms with Crippen LogP contribution in [0.2, 0.25) is 0 Å². The molecule has 1 heteroatoms. The number of thioether (sulfide) groups is 1. The van der Waals surface area contributed by atoms with E-state index in [2.05, 4.69) is 61.7 Å². The Bertz CT molecular complexity index is 698. The number of fused-ring (bicyclic) bond motifs is 2. The van der Waals surface area contributed by atoms with E-state index in [0.717, 1.165) is 0 Å². The molecule has 0 unspecified atom stereocenters. The van der Waals surface area contributed by atoms with Gasteiger partial charge in [0.05, 0.1) is 0 Å². The molecule has 0 aliphatic heterocycles. The molecule has 0 nitrogen and oxygen atoms in total. The van der Waals surface area contributed by atoms with E-state index >= 15 is 0 Å². The van der Waals surface area contributed by atoms with Crippen LogP contribution < -0.4 is 0 Å². The minimum Gasteiger partial charge on any atom is -0.129 e. The Morgan fingerprint density at radius 2 is 1.53 bits per heavy atom. The summed E-state index contributed by atoms with van der Waals surface area (Å²) in [6.45, 7) is 2.21. The van der Waals surface area contributed by atoms with E-state index in [-0.39, 0.29) is 0 Å². The summed E-state index contributed by atoms with van der Waals surface area (Å²) in [5, 5.41) is 5.34. The molecule has 0 atom stereocenters. The molecule has 0 spiro atoms. The highest BCUT2D eigenvalue weighted by atomic mass is 32.2. The van der Waals surface area contributed by atoms with E-state index in [9.17, 15) is 0 Å². The summed E-state index contributed by atoms with van der Waals surface area (Å²) in [5.41, 5.74) is 1.39. The van der Waals surface area contributed by atoms with Gasteiger partial charge in [0.2, 0.25) is 0 Å². The van der Waals surface area contributed by atoms with Gasteiger partial charge in [-0.25, -0.2) is 0 Å². The van der Waals surface area contributed by atoms with Gasteiger partial charge in [0.15, 0.2) is 0 Å². The SMILES string of the molecule is CSc1ccc2cc3ccccc3cc2c1C. The smallest absolute Gasteiger partial charge is 0.0105 e. The molecular weight excluding hydrogens is 224 g/mol. The number of hydrogen-bond donors (Lipinski definition) is 0. The van der Waals surface area contributed by atoms with Crippen LogP contribution in [0.1, 0.15) is 5.56 Å². The molecule has 0 bridgehead atoms. The van der Waals surface area contributed by atoms with Gasteiger partial charge in [0, 0.05) is 4.90 Å². The number of rotatable bonds is 1. The summed E-state index contributed by atoms with van der Waals surface area (Å²) in [6, 6.07) is 17.6. The first-order valence-corrected chi connectivity index (χ1v) is 6.98. The van der Waals surface area contributed by atoms with E-state index in [1.807, 2.05) is 11.8 Å². The Balaban J connectivity index is 2.44. The average molecular weight is 238 g/mol. The van der Waals surface area contributed by atoms with Crippen molar-refractivity contribution in [1.29, 1.82) is 0 Å². The van der Waals surface area contributed by atoms with Crippen molar-refractivity contribution in [2.45, 2.75) is 11.8 Å². The standard InChI is InChI=1S/C16H14S/c1-11-15-10-13-6-4-3-5-12(13)9-14(15)7-8-16(11)17-2/h3-10H,1-2H3. The number of benzene rings is 3. The van der Waals surface area contributed by atoms with Crippen LogP contribution in [0.4, 0.5) is 0 Å². The first-order valence-electron chi connectivity index (χ1n) is 5.76. The molecule has 0 amide bonds. The molecule has 3 aromatic carbocycles. The molecule has 3 rings (SSSR count). The van der Waals surface area contributed by atoms with Crippen LogP contribution in [0.5, 0.6) is 0 Å². The van der Waals surface area contributed by atoms with Gasteiger partial charge in [-0.1, -0.05) is 30.3 Å². The second-order valence-corrected chi connectivity index (χ2v) is 5.16. The van der Waals surface area contributed by atoms with Gasteiger partial charge in [-0.05, 0) is 58.5 Å². The molecule has 0 N–H and O–H groups in total. The van der Waals surface area contributed by atoms with Crippen LogP contribution >= 0.6 is 11.8 Å². The minimum atomic E-state index is 1.32. The summed E-state index contributed by atoms with van der Waals surface area (Å²) in [5.74, 6) is 0. The Morgan fingerprint density at radius 1 is 0.824 bits per heavy atom. The van der Waals surface area contributed by atoms with E-state index < -0.39 is 0 Å². The van der Waals surface area contributed by atoms with Gasteiger partial charge >= 0.3 is 0 Å². The summed E-state index contributed by atoms with van der Waals surface area (Å²) < 4.78 is 0. The van der Waals surface area contributed by atoms with Crippen molar-refractivity contribution in [3.63, 3.8) is 0 Å². The molecule has 0 aromatic heterocycles. The zero-order chi connectivity index (χ0) is 11.8. The third-order valence-corrected chi connectivity index (χ3v) is 4.21. The maximum atomic E-state index is 2.31. The van der Waals surface area contributed by atoms with Crippen molar-refractivity contribution >= 4 is 33.3 Å². The van der Waals surface area contributed by atoms with E-state index in [0.29, 0.717) is 0 Å². The van der Waals surface area contributed by atoms with Gasteiger partial charge in [-0.3, -0.25) is 0 Å². The molecule has 0 aliphatic rings. The number of aryl methyl sites for hydroxylation is 1. The van der Waals surface area contributed by atoms with Gasteiger partial charge in [0.25, 0.3) is 0 Å². The first kappa shape index (κ1) is 10.7. The maximum Gasteiger partial charge on any atom is 0.0105 e.